The van der Waals surface area contributed by atoms with E-state index in [2.05, 4.69) is 35.3 Å². The minimum Gasteiger partial charge on any atom is -0.369 e. The monoisotopic (exact) mass is 466 g/mol. The number of anilines is 1. The predicted octanol–water partition coefficient (Wildman–Crippen LogP) is 1.50. The van der Waals surface area contributed by atoms with Crippen molar-refractivity contribution < 1.29 is 13.2 Å². The summed E-state index contributed by atoms with van der Waals surface area (Å²) in [5, 5.41) is 3.09. The first kappa shape index (κ1) is 26.0. The number of nitrogens with zero attached hydrogens (tertiary/aromatic N) is 3. The molecular weight excluding hydrogens is 435 g/mol. The topological polar surface area (TPSA) is 73.0 Å². The van der Waals surface area contributed by atoms with Crippen LogP contribution >= 0.6 is 24.8 Å². The second kappa shape index (κ2) is 11.4. The number of carbonyl (C=O) groups excluding carboxylic acids is 1. The summed E-state index contributed by atoms with van der Waals surface area (Å²) >= 11 is 0. The van der Waals surface area contributed by atoms with Crippen molar-refractivity contribution in [2.24, 2.45) is 0 Å². The van der Waals surface area contributed by atoms with Gasteiger partial charge in [-0.1, -0.05) is 12.1 Å². The SMILES string of the molecule is CNCC1CCCN1C(=O)CS(=O)(=O)N1CCN(c2cccc(C)c2)CC1.Cl.Cl. The standard InChI is InChI=1S/C19H30N4O3S.2ClH/c1-16-5-3-6-17(13-16)21-9-11-22(12-10-21)27(25,26)15-19(24)23-8-4-7-18(23)14-20-2;;/h3,5-6,13,18,20H,4,7-12,14-15H2,1-2H3;2*1H. The normalized spacial score (nSPS) is 20.1. The Morgan fingerprint density at radius 3 is 2.45 bits per heavy atom. The Morgan fingerprint density at radius 1 is 1.14 bits per heavy atom. The van der Waals surface area contributed by atoms with Gasteiger partial charge in [-0.3, -0.25) is 4.79 Å². The first-order valence-corrected chi connectivity index (χ1v) is 11.2. The van der Waals surface area contributed by atoms with E-state index in [1.807, 2.05) is 13.1 Å². The molecule has 2 aliphatic rings. The van der Waals surface area contributed by atoms with Gasteiger partial charge in [0.05, 0.1) is 0 Å². The van der Waals surface area contributed by atoms with Crippen LogP contribution in [0.4, 0.5) is 5.69 Å². The molecule has 1 amide bonds. The molecule has 10 heteroatoms. The van der Waals surface area contributed by atoms with Crippen molar-refractivity contribution in [1.29, 1.82) is 0 Å². The average Bonchev–Trinajstić information content (AvgIpc) is 3.10. The van der Waals surface area contributed by atoms with Crippen LogP contribution in [0.2, 0.25) is 0 Å². The van der Waals surface area contributed by atoms with Crippen LogP contribution in [0.1, 0.15) is 18.4 Å². The van der Waals surface area contributed by atoms with Crippen LogP contribution in [-0.2, 0) is 14.8 Å². The van der Waals surface area contributed by atoms with Gasteiger partial charge in [0.1, 0.15) is 5.75 Å². The Bertz CT molecular complexity index is 770. The molecular formula is C19H32Cl2N4O3S. The molecule has 0 saturated carbocycles. The first-order chi connectivity index (χ1) is 12.9. The summed E-state index contributed by atoms with van der Waals surface area (Å²) in [5.41, 5.74) is 2.31. The van der Waals surface area contributed by atoms with E-state index in [0.29, 0.717) is 39.3 Å². The van der Waals surface area contributed by atoms with Crippen molar-refractivity contribution >= 4 is 46.4 Å². The third-order valence-corrected chi connectivity index (χ3v) is 7.21. The summed E-state index contributed by atoms with van der Waals surface area (Å²) in [4.78, 5) is 16.5. The number of piperazine rings is 1. The largest absolute Gasteiger partial charge is 0.369 e. The number of sulfonamides is 1. The molecule has 1 N–H and O–H groups in total. The molecule has 0 bridgehead atoms. The Balaban J connectivity index is 0.00000210. The average molecular weight is 467 g/mol. The number of likely N-dealkylation sites (tertiary alicyclic amines) is 1. The molecule has 2 aliphatic heterocycles. The van der Waals surface area contributed by atoms with Crippen LogP contribution in [-0.4, -0.2) is 81.6 Å². The number of nitrogens with one attached hydrogen (secondary N) is 1. The number of halogens is 2. The number of aryl methyl sites for hydroxylation is 1. The quantitative estimate of drug-likeness (QED) is 0.687. The van der Waals surface area contributed by atoms with E-state index < -0.39 is 15.8 Å². The molecule has 2 saturated heterocycles. The second-order valence-electron chi connectivity index (χ2n) is 7.42. The lowest BCUT2D eigenvalue weighted by Crippen LogP contribution is -2.51. The number of rotatable bonds is 6. The second-order valence-corrected chi connectivity index (χ2v) is 9.39. The molecule has 29 heavy (non-hydrogen) atoms. The maximum absolute atomic E-state index is 12.8. The number of carbonyl (C=O) groups is 1. The van der Waals surface area contributed by atoms with Gasteiger partial charge < -0.3 is 15.1 Å². The minimum atomic E-state index is -3.58. The number of amides is 1. The highest BCUT2D eigenvalue weighted by Crippen LogP contribution is 2.20. The van der Waals surface area contributed by atoms with Gasteiger partial charge in [0, 0.05) is 51.0 Å². The molecule has 1 atom stereocenters. The highest BCUT2D eigenvalue weighted by molar-refractivity contribution is 7.89. The minimum absolute atomic E-state index is 0. The molecule has 1 unspecified atom stereocenters. The van der Waals surface area contributed by atoms with Gasteiger partial charge in [-0.05, 0) is 44.5 Å². The highest BCUT2D eigenvalue weighted by Gasteiger charge is 2.34. The fraction of sp³-hybridized carbons (Fsp3) is 0.632. The Morgan fingerprint density at radius 2 is 1.83 bits per heavy atom. The van der Waals surface area contributed by atoms with Crippen molar-refractivity contribution in [3.8, 4) is 0 Å². The third kappa shape index (κ3) is 6.46. The van der Waals surface area contributed by atoms with E-state index in [9.17, 15) is 13.2 Å². The fourth-order valence-electron chi connectivity index (χ4n) is 3.99. The van der Waals surface area contributed by atoms with Crippen LogP contribution < -0.4 is 10.2 Å². The van der Waals surface area contributed by atoms with E-state index in [4.69, 9.17) is 0 Å². The van der Waals surface area contributed by atoms with E-state index in [1.54, 1.807) is 4.90 Å². The fourth-order valence-corrected chi connectivity index (χ4v) is 5.37. The van der Waals surface area contributed by atoms with Gasteiger partial charge >= 0.3 is 0 Å². The van der Waals surface area contributed by atoms with E-state index in [-0.39, 0.29) is 36.8 Å². The van der Waals surface area contributed by atoms with Crippen molar-refractivity contribution in [1.82, 2.24) is 14.5 Å². The smallest absolute Gasteiger partial charge is 0.239 e. The van der Waals surface area contributed by atoms with Crippen molar-refractivity contribution in [3.63, 3.8) is 0 Å². The molecule has 3 rings (SSSR count). The zero-order chi connectivity index (χ0) is 19.4. The summed E-state index contributed by atoms with van der Waals surface area (Å²) in [6.07, 6.45) is 1.87. The van der Waals surface area contributed by atoms with Gasteiger partial charge in [0.25, 0.3) is 0 Å². The van der Waals surface area contributed by atoms with Gasteiger partial charge in [0.2, 0.25) is 15.9 Å². The van der Waals surface area contributed by atoms with Gasteiger partial charge in [-0.2, -0.15) is 4.31 Å². The Labute approximate surface area is 186 Å². The van der Waals surface area contributed by atoms with Crippen molar-refractivity contribution in [2.45, 2.75) is 25.8 Å². The molecule has 1 aromatic carbocycles. The Hall–Kier alpha value is -1.06. The summed E-state index contributed by atoms with van der Waals surface area (Å²) in [6, 6.07) is 8.34. The predicted molar refractivity (Wildman–Crippen MR) is 122 cm³/mol. The van der Waals surface area contributed by atoms with Crippen LogP contribution in [0.3, 0.4) is 0 Å². The van der Waals surface area contributed by atoms with Crippen LogP contribution in [0, 0.1) is 6.92 Å². The summed E-state index contributed by atoms with van der Waals surface area (Å²) < 4.78 is 27.0. The van der Waals surface area contributed by atoms with E-state index in [0.717, 1.165) is 18.5 Å². The van der Waals surface area contributed by atoms with Gasteiger partial charge in [-0.15, -0.1) is 24.8 Å². The zero-order valence-electron chi connectivity index (χ0n) is 17.0. The molecule has 0 aliphatic carbocycles. The van der Waals surface area contributed by atoms with Crippen LogP contribution in [0.15, 0.2) is 24.3 Å². The number of likely N-dealkylation sites (N-methyl/N-ethyl adjacent to an activating group) is 1. The molecule has 0 aromatic heterocycles. The molecule has 166 valence electrons. The Kier molecular flexibility index (Phi) is 10.2. The lowest BCUT2D eigenvalue weighted by Gasteiger charge is -2.35. The summed E-state index contributed by atoms with van der Waals surface area (Å²) in [5.74, 6) is -0.689. The molecule has 1 aromatic rings. The van der Waals surface area contributed by atoms with Crippen LogP contribution in [0.25, 0.3) is 0 Å². The molecule has 2 fully saturated rings. The zero-order valence-corrected chi connectivity index (χ0v) is 19.5. The number of benzene rings is 1. The van der Waals surface area contributed by atoms with Crippen molar-refractivity contribution in [3.05, 3.63) is 29.8 Å². The maximum atomic E-state index is 12.8. The van der Waals surface area contributed by atoms with E-state index >= 15 is 0 Å². The maximum Gasteiger partial charge on any atom is 0.239 e. The molecule has 0 spiro atoms. The molecule has 7 nitrogen and oxygen atoms in total. The molecule has 0 radical (unpaired) electrons. The van der Waals surface area contributed by atoms with Crippen molar-refractivity contribution in [2.75, 3.05) is 57.0 Å². The summed E-state index contributed by atoms with van der Waals surface area (Å²) in [7, 11) is -1.72. The lowest BCUT2D eigenvalue weighted by molar-refractivity contribution is -0.129. The number of hydrogen-bond acceptors (Lipinski definition) is 5. The van der Waals surface area contributed by atoms with Gasteiger partial charge in [0.15, 0.2) is 0 Å². The number of hydrogen-bond donors (Lipinski definition) is 1. The van der Waals surface area contributed by atoms with Crippen LogP contribution in [0.5, 0.6) is 0 Å². The third-order valence-electron chi connectivity index (χ3n) is 5.44. The molecule has 2 heterocycles. The first-order valence-electron chi connectivity index (χ1n) is 9.64. The van der Waals surface area contributed by atoms with E-state index in [1.165, 1.54) is 9.87 Å². The lowest BCUT2D eigenvalue weighted by atomic mass is 10.2. The highest BCUT2D eigenvalue weighted by atomic mass is 35.5. The van der Waals surface area contributed by atoms with Gasteiger partial charge in [-0.25, -0.2) is 8.42 Å². The summed E-state index contributed by atoms with van der Waals surface area (Å²) in [6.45, 7) is 5.54.